The fraction of sp³-hybridized carbons (Fsp3) is 0.583. The van der Waals surface area contributed by atoms with Crippen molar-refractivity contribution in [2.24, 2.45) is 0 Å². The van der Waals surface area contributed by atoms with Gasteiger partial charge >= 0.3 is 0 Å². The van der Waals surface area contributed by atoms with Crippen LogP contribution in [0.3, 0.4) is 0 Å². The van der Waals surface area contributed by atoms with Gasteiger partial charge in [0.05, 0.1) is 12.8 Å². The topological polar surface area (TPSA) is 34.1 Å². The predicted octanol–water partition coefficient (Wildman–Crippen LogP) is 2.21. The van der Waals surface area contributed by atoms with Crippen LogP contribution in [0.4, 0.5) is 0 Å². The molecule has 0 amide bonds. The van der Waals surface area contributed by atoms with Crippen molar-refractivity contribution in [3.8, 4) is 5.75 Å². The molecule has 1 atom stereocenters. The molecular weight excluding hydrogens is 188 g/mol. The van der Waals surface area contributed by atoms with Crippen molar-refractivity contribution < 1.29 is 4.74 Å². The van der Waals surface area contributed by atoms with Crippen LogP contribution in [-0.2, 0) is 0 Å². The summed E-state index contributed by atoms with van der Waals surface area (Å²) in [5.74, 6) is 0.937. The number of methoxy groups -OCH3 is 1. The molecule has 1 aliphatic heterocycles. The van der Waals surface area contributed by atoms with Crippen LogP contribution < -0.4 is 10.1 Å². The molecule has 2 rings (SSSR count). The molecule has 1 aromatic heterocycles. The van der Waals surface area contributed by atoms with Crippen LogP contribution in [0.1, 0.15) is 36.6 Å². The van der Waals surface area contributed by atoms with Crippen LogP contribution in [0.25, 0.3) is 0 Å². The number of hydrogen-bond acceptors (Lipinski definition) is 3. The van der Waals surface area contributed by atoms with E-state index in [0.717, 1.165) is 18.0 Å². The SMILES string of the molecule is COc1ccnc(C2CCCCN2)c1C. The van der Waals surface area contributed by atoms with E-state index in [1.165, 1.54) is 24.8 Å². The molecule has 1 aliphatic rings. The Hall–Kier alpha value is -1.09. The van der Waals surface area contributed by atoms with Crippen LogP contribution in [-0.4, -0.2) is 18.6 Å². The van der Waals surface area contributed by atoms with Gasteiger partial charge in [-0.05, 0) is 32.4 Å². The number of rotatable bonds is 2. The Morgan fingerprint density at radius 1 is 1.47 bits per heavy atom. The minimum atomic E-state index is 0.411. The minimum absolute atomic E-state index is 0.411. The first-order valence-corrected chi connectivity index (χ1v) is 5.56. The molecule has 0 saturated carbocycles. The Labute approximate surface area is 90.9 Å². The molecule has 0 spiro atoms. The predicted molar refractivity (Wildman–Crippen MR) is 60.1 cm³/mol. The molecule has 1 saturated heterocycles. The lowest BCUT2D eigenvalue weighted by atomic mass is 9.98. The average molecular weight is 206 g/mol. The monoisotopic (exact) mass is 206 g/mol. The summed E-state index contributed by atoms with van der Waals surface area (Å²) in [5, 5.41) is 3.51. The lowest BCUT2D eigenvalue weighted by Crippen LogP contribution is -2.28. The first-order chi connectivity index (χ1) is 7.33. The van der Waals surface area contributed by atoms with Crippen LogP contribution in [0.2, 0.25) is 0 Å². The summed E-state index contributed by atoms with van der Waals surface area (Å²) in [7, 11) is 1.71. The zero-order valence-electron chi connectivity index (χ0n) is 9.42. The Balaban J connectivity index is 2.26. The Morgan fingerprint density at radius 2 is 2.33 bits per heavy atom. The van der Waals surface area contributed by atoms with Gasteiger partial charge in [-0.3, -0.25) is 4.98 Å². The maximum atomic E-state index is 5.31. The van der Waals surface area contributed by atoms with Crippen LogP contribution >= 0.6 is 0 Å². The summed E-state index contributed by atoms with van der Waals surface area (Å²) in [6, 6.07) is 2.33. The van der Waals surface area contributed by atoms with Crippen molar-refractivity contribution in [2.75, 3.05) is 13.7 Å². The third kappa shape index (κ3) is 2.12. The number of hydrogen-bond donors (Lipinski definition) is 1. The molecule has 1 aromatic rings. The molecule has 0 aliphatic carbocycles. The molecule has 3 heteroatoms. The van der Waals surface area contributed by atoms with Crippen molar-refractivity contribution >= 4 is 0 Å². The molecule has 15 heavy (non-hydrogen) atoms. The molecule has 1 fully saturated rings. The van der Waals surface area contributed by atoms with Crippen molar-refractivity contribution in [3.05, 3.63) is 23.5 Å². The summed E-state index contributed by atoms with van der Waals surface area (Å²) in [6.07, 6.45) is 5.58. The number of aromatic nitrogens is 1. The first-order valence-electron chi connectivity index (χ1n) is 5.56. The van der Waals surface area contributed by atoms with Gasteiger partial charge in [0.25, 0.3) is 0 Å². The summed E-state index contributed by atoms with van der Waals surface area (Å²) in [5.41, 5.74) is 2.31. The van der Waals surface area contributed by atoms with Crippen molar-refractivity contribution in [3.63, 3.8) is 0 Å². The van der Waals surface area contributed by atoms with Gasteiger partial charge in [0.15, 0.2) is 0 Å². The van der Waals surface area contributed by atoms with E-state index in [1.54, 1.807) is 7.11 Å². The van der Waals surface area contributed by atoms with Gasteiger partial charge in [-0.1, -0.05) is 6.42 Å². The average Bonchev–Trinajstić information content (AvgIpc) is 2.30. The summed E-state index contributed by atoms with van der Waals surface area (Å²) in [4.78, 5) is 4.47. The minimum Gasteiger partial charge on any atom is -0.496 e. The van der Waals surface area contributed by atoms with E-state index in [4.69, 9.17) is 4.74 Å². The largest absolute Gasteiger partial charge is 0.496 e. The van der Waals surface area contributed by atoms with Gasteiger partial charge in [-0.25, -0.2) is 0 Å². The number of ether oxygens (including phenoxy) is 1. The number of piperidine rings is 1. The van der Waals surface area contributed by atoms with E-state index in [2.05, 4.69) is 17.2 Å². The zero-order chi connectivity index (χ0) is 10.7. The van der Waals surface area contributed by atoms with E-state index < -0.39 is 0 Å². The molecule has 3 nitrogen and oxygen atoms in total. The normalized spacial score (nSPS) is 21.3. The first kappa shape index (κ1) is 10.4. The maximum absolute atomic E-state index is 5.31. The molecule has 2 heterocycles. The fourth-order valence-corrected chi connectivity index (χ4v) is 2.19. The van der Waals surface area contributed by atoms with Gasteiger partial charge in [-0.15, -0.1) is 0 Å². The van der Waals surface area contributed by atoms with E-state index in [-0.39, 0.29) is 0 Å². The Morgan fingerprint density at radius 3 is 3.00 bits per heavy atom. The molecule has 82 valence electrons. The quantitative estimate of drug-likeness (QED) is 0.805. The molecule has 0 radical (unpaired) electrons. The third-order valence-corrected chi connectivity index (χ3v) is 3.05. The summed E-state index contributed by atoms with van der Waals surface area (Å²) < 4.78 is 5.31. The Kier molecular flexibility index (Phi) is 3.21. The highest BCUT2D eigenvalue weighted by molar-refractivity contribution is 5.36. The van der Waals surface area contributed by atoms with Crippen molar-refractivity contribution in [1.29, 1.82) is 0 Å². The number of nitrogens with zero attached hydrogens (tertiary/aromatic N) is 1. The maximum Gasteiger partial charge on any atom is 0.125 e. The smallest absolute Gasteiger partial charge is 0.125 e. The molecule has 1 unspecified atom stereocenters. The highest BCUT2D eigenvalue weighted by Gasteiger charge is 2.19. The lowest BCUT2D eigenvalue weighted by Gasteiger charge is -2.24. The zero-order valence-corrected chi connectivity index (χ0v) is 9.42. The van der Waals surface area contributed by atoms with Crippen LogP contribution in [0, 0.1) is 6.92 Å². The second-order valence-corrected chi connectivity index (χ2v) is 4.03. The van der Waals surface area contributed by atoms with Crippen LogP contribution in [0.5, 0.6) is 5.75 Å². The Bertz CT molecular complexity index is 332. The number of pyridine rings is 1. The van der Waals surface area contributed by atoms with Crippen molar-refractivity contribution in [1.82, 2.24) is 10.3 Å². The summed E-state index contributed by atoms with van der Waals surface area (Å²) in [6.45, 7) is 3.18. The molecule has 0 bridgehead atoms. The molecule has 0 aromatic carbocycles. The van der Waals surface area contributed by atoms with E-state index >= 15 is 0 Å². The van der Waals surface area contributed by atoms with Gasteiger partial charge in [0, 0.05) is 17.8 Å². The van der Waals surface area contributed by atoms with E-state index in [9.17, 15) is 0 Å². The molecule has 1 N–H and O–H groups in total. The van der Waals surface area contributed by atoms with Crippen LogP contribution in [0.15, 0.2) is 12.3 Å². The summed E-state index contributed by atoms with van der Waals surface area (Å²) >= 11 is 0. The van der Waals surface area contributed by atoms with Gasteiger partial charge in [0.2, 0.25) is 0 Å². The van der Waals surface area contributed by atoms with Gasteiger partial charge in [0.1, 0.15) is 5.75 Å². The fourth-order valence-electron chi connectivity index (χ4n) is 2.19. The highest BCUT2D eigenvalue weighted by atomic mass is 16.5. The highest BCUT2D eigenvalue weighted by Crippen LogP contribution is 2.28. The van der Waals surface area contributed by atoms with Gasteiger partial charge < -0.3 is 10.1 Å². The van der Waals surface area contributed by atoms with E-state index in [1.807, 2.05) is 12.3 Å². The standard InChI is InChI=1S/C12H18N2O/c1-9-11(15-2)6-8-14-12(9)10-5-3-4-7-13-10/h6,8,10,13H,3-5,7H2,1-2H3. The lowest BCUT2D eigenvalue weighted by molar-refractivity contribution is 0.390. The van der Waals surface area contributed by atoms with Crippen molar-refractivity contribution in [2.45, 2.75) is 32.2 Å². The number of nitrogens with one attached hydrogen (secondary N) is 1. The van der Waals surface area contributed by atoms with E-state index in [0.29, 0.717) is 6.04 Å². The third-order valence-electron chi connectivity index (χ3n) is 3.05. The second kappa shape index (κ2) is 4.62. The second-order valence-electron chi connectivity index (χ2n) is 4.03. The molecular formula is C12H18N2O. The van der Waals surface area contributed by atoms with Gasteiger partial charge in [-0.2, -0.15) is 0 Å².